The van der Waals surface area contributed by atoms with Crippen LogP contribution < -0.4 is 11.1 Å². The summed E-state index contributed by atoms with van der Waals surface area (Å²) in [5.41, 5.74) is 6.58. The third kappa shape index (κ3) is 9.05. The lowest BCUT2D eigenvalue weighted by Crippen LogP contribution is -2.27. The number of amides is 1. The summed E-state index contributed by atoms with van der Waals surface area (Å²) in [7, 11) is 0. The van der Waals surface area contributed by atoms with E-state index in [1.807, 2.05) is 24.3 Å². The first-order chi connectivity index (χ1) is 19.5. The average molecular weight is 599 g/mol. The molecule has 0 atom stereocenters. The monoisotopic (exact) mass is 598 g/mol. The molecule has 0 aromatic carbocycles. The van der Waals surface area contributed by atoms with E-state index < -0.39 is 23.6 Å². The van der Waals surface area contributed by atoms with Crippen LogP contribution in [0.5, 0.6) is 0 Å². The van der Waals surface area contributed by atoms with Gasteiger partial charge in [0.1, 0.15) is 25.6 Å². The number of thiazole rings is 2. The number of rotatable bonds is 7. The van der Waals surface area contributed by atoms with Gasteiger partial charge in [0.25, 0.3) is 0 Å². The SMILES string of the molecule is CCOC(=O)c1nc(-c2ccccn2)sc1N.CCOC(=O)c1nc(-c2ccccn2)sc1NC(=O)OC(C)(C)C. The van der Waals surface area contributed by atoms with Crippen LogP contribution in [-0.2, 0) is 14.2 Å². The largest absolute Gasteiger partial charge is 0.461 e. The van der Waals surface area contributed by atoms with Crippen LogP contribution in [-0.4, -0.2) is 56.8 Å². The predicted molar refractivity (Wildman–Crippen MR) is 157 cm³/mol. The standard InChI is InChI=1S/C16H19N3O4S.C11H11N3O2S/c1-5-22-14(20)11-13(19-15(21)23-16(2,3)4)24-12(18-11)10-8-6-7-9-17-10;1-2-16-11(15)8-9(12)17-10(14-8)7-5-3-4-6-13-7/h6-9H,5H2,1-4H3,(H,19,21);3-6H,2,12H2,1H3. The predicted octanol–water partition coefficient (Wildman–Crippen LogP) is 5.69. The van der Waals surface area contributed by atoms with Gasteiger partial charge in [0.2, 0.25) is 0 Å². The normalized spacial score (nSPS) is 10.7. The van der Waals surface area contributed by atoms with Gasteiger partial charge in [0.05, 0.1) is 24.6 Å². The Hall–Kier alpha value is -4.43. The summed E-state index contributed by atoms with van der Waals surface area (Å²) in [5, 5.41) is 4.30. The highest BCUT2D eigenvalue weighted by Gasteiger charge is 2.24. The molecule has 0 saturated heterocycles. The van der Waals surface area contributed by atoms with Crippen LogP contribution in [0.3, 0.4) is 0 Å². The van der Waals surface area contributed by atoms with Crippen LogP contribution in [0.2, 0.25) is 0 Å². The Kier molecular flexibility index (Phi) is 10.8. The van der Waals surface area contributed by atoms with E-state index >= 15 is 0 Å². The van der Waals surface area contributed by atoms with E-state index in [0.717, 1.165) is 11.3 Å². The molecule has 41 heavy (non-hydrogen) atoms. The van der Waals surface area contributed by atoms with Gasteiger partial charge < -0.3 is 19.9 Å². The quantitative estimate of drug-likeness (QED) is 0.198. The fourth-order valence-electron chi connectivity index (χ4n) is 3.01. The highest BCUT2D eigenvalue weighted by atomic mass is 32.1. The van der Waals surface area contributed by atoms with Crippen LogP contribution in [0.4, 0.5) is 14.8 Å². The van der Waals surface area contributed by atoms with Gasteiger partial charge in [-0.1, -0.05) is 34.8 Å². The number of nitrogen functional groups attached to an aromatic ring is 1. The lowest BCUT2D eigenvalue weighted by Gasteiger charge is -2.19. The molecule has 0 bridgehead atoms. The van der Waals surface area contributed by atoms with Crippen molar-refractivity contribution in [3.63, 3.8) is 0 Å². The Bertz CT molecular complexity index is 1470. The molecule has 0 unspecified atom stereocenters. The smallest absolute Gasteiger partial charge is 0.412 e. The first-order valence-electron chi connectivity index (χ1n) is 12.5. The number of hydrogen-bond donors (Lipinski definition) is 2. The molecule has 216 valence electrons. The summed E-state index contributed by atoms with van der Waals surface area (Å²) >= 11 is 2.36. The zero-order valence-corrected chi connectivity index (χ0v) is 24.8. The molecule has 1 amide bonds. The Morgan fingerprint density at radius 2 is 1.34 bits per heavy atom. The summed E-state index contributed by atoms with van der Waals surface area (Å²) in [5.74, 6) is -1.11. The van der Waals surface area contributed by atoms with Gasteiger partial charge in [-0.3, -0.25) is 15.3 Å². The molecule has 0 aliphatic rings. The topological polar surface area (TPSA) is 169 Å². The molecule has 0 aliphatic heterocycles. The van der Waals surface area contributed by atoms with E-state index in [9.17, 15) is 14.4 Å². The average Bonchev–Trinajstić information content (AvgIpc) is 3.53. The molecule has 3 N–H and O–H groups in total. The first-order valence-corrected chi connectivity index (χ1v) is 14.1. The molecule has 0 fully saturated rings. The number of hydrogen-bond acceptors (Lipinski definition) is 13. The molecular weight excluding hydrogens is 568 g/mol. The van der Waals surface area contributed by atoms with E-state index in [1.54, 1.807) is 59.1 Å². The Balaban J connectivity index is 0.000000239. The molecule has 0 radical (unpaired) electrons. The minimum atomic E-state index is -0.663. The van der Waals surface area contributed by atoms with Crippen molar-refractivity contribution in [2.45, 2.75) is 40.2 Å². The number of ether oxygens (including phenoxy) is 3. The van der Waals surface area contributed by atoms with Gasteiger partial charge in [-0.2, -0.15) is 0 Å². The number of aromatic nitrogens is 4. The summed E-state index contributed by atoms with van der Waals surface area (Å²) < 4.78 is 15.1. The minimum Gasteiger partial charge on any atom is -0.461 e. The van der Waals surface area contributed by atoms with Crippen molar-refractivity contribution in [3.8, 4) is 21.4 Å². The summed E-state index contributed by atoms with van der Waals surface area (Å²) in [6, 6.07) is 10.8. The molecule has 0 saturated carbocycles. The lowest BCUT2D eigenvalue weighted by molar-refractivity contribution is 0.0511. The number of pyridine rings is 2. The summed E-state index contributed by atoms with van der Waals surface area (Å²) in [4.78, 5) is 52.4. The number of anilines is 2. The van der Waals surface area contributed by atoms with Crippen molar-refractivity contribution in [3.05, 3.63) is 60.2 Å². The molecule has 4 aromatic heterocycles. The van der Waals surface area contributed by atoms with E-state index in [-0.39, 0.29) is 23.0 Å². The number of carbonyl (C=O) groups excluding carboxylic acids is 3. The van der Waals surface area contributed by atoms with Crippen molar-refractivity contribution in [1.29, 1.82) is 0 Å². The Morgan fingerprint density at radius 3 is 1.83 bits per heavy atom. The molecule has 0 aliphatic carbocycles. The van der Waals surface area contributed by atoms with E-state index in [1.165, 1.54) is 11.3 Å². The van der Waals surface area contributed by atoms with Gasteiger partial charge in [-0.05, 0) is 58.9 Å². The van der Waals surface area contributed by atoms with Crippen molar-refractivity contribution in [2.24, 2.45) is 0 Å². The molecule has 0 spiro atoms. The fraction of sp³-hybridized carbons (Fsp3) is 0.296. The second-order valence-corrected chi connectivity index (χ2v) is 11.0. The molecule has 4 aromatic rings. The third-order valence-corrected chi connectivity index (χ3v) is 6.50. The van der Waals surface area contributed by atoms with Crippen molar-refractivity contribution >= 4 is 50.7 Å². The molecule has 12 nitrogen and oxygen atoms in total. The highest BCUT2D eigenvalue weighted by molar-refractivity contribution is 7.19. The number of nitrogens with zero attached hydrogens (tertiary/aromatic N) is 4. The lowest BCUT2D eigenvalue weighted by atomic mass is 10.2. The second kappa shape index (κ2) is 14.3. The highest BCUT2D eigenvalue weighted by Crippen LogP contribution is 2.32. The maximum atomic E-state index is 12.1. The van der Waals surface area contributed by atoms with Crippen molar-refractivity contribution in [2.75, 3.05) is 24.3 Å². The van der Waals surface area contributed by atoms with Crippen LogP contribution in [0, 0.1) is 0 Å². The van der Waals surface area contributed by atoms with E-state index in [2.05, 4.69) is 25.3 Å². The fourth-order valence-corrected chi connectivity index (χ4v) is 4.73. The maximum absolute atomic E-state index is 12.1. The number of nitrogens with one attached hydrogen (secondary N) is 1. The zero-order chi connectivity index (χ0) is 30.0. The maximum Gasteiger partial charge on any atom is 0.412 e. The van der Waals surface area contributed by atoms with Gasteiger partial charge in [-0.15, -0.1) is 0 Å². The summed E-state index contributed by atoms with van der Waals surface area (Å²) in [6.45, 7) is 9.21. The first kappa shape index (κ1) is 31.1. The van der Waals surface area contributed by atoms with E-state index in [0.29, 0.717) is 33.0 Å². The van der Waals surface area contributed by atoms with Gasteiger partial charge in [0.15, 0.2) is 11.4 Å². The van der Waals surface area contributed by atoms with Crippen LogP contribution in [0.1, 0.15) is 55.6 Å². The van der Waals surface area contributed by atoms with Crippen molar-refractivity contribution < 1.29 is 28.6 Å². The molecule has 4 rings (SSSR count). The third-order valence-electron chi connectivity index (χ3n) is 4.60. The number of carbonyl (C=O) groups is 3. The number of esters is 2. The Morgan fingerprint density at radius 1 is 0.829 bits per heavy atom. The molecular formula is C27H30N6O6S2. The van der Waals surface area contributed by atoms with Gasteiger partial charge in [-0.25, -0.2) is 24.4 Å². The Labute approximate surface area is 244 Å². The minimum absolute atomic E-state index is 0.0355. The van der Waals surface area contributed by atoms with Crippen LogP contribution >= 0.6 is 22.7 Å². The van der Waals surface area contributed by atoms with Gasteiger partial charge >= 0.3 is 18.0 Å². The molecule has 4 heterocycles. The zero-order valence-electron chi connectivity index (χ0n) is 23.2. The number of nitrogens with two attached hydrogens (primary N) is 1. The molecule has 14 heteroatoms. The summed E-state index contributed by atoms with van der Waals surface area (Å²) in [6.07, 6.45) is 2.63. The van der Waals surface area contributed by atoms with Crippen molar-refractivity contribution in [1.82, 2.24) is 19.9 Å². The van der Waals surface area contributed by atoms with E-state index in [4.69, 9.17) is 19.9 Å². The second-order valence-electron chi connectivity index (χ2n) is 8.93. The van der Waals surface area contributed by atoms with Crippen LogP contribution in [0.25, 0.3) is 21.4 Å². The van der Waals surface area contributed by atoms with Crippen LogP contribution in [0.15, 0.2) is 48.8 Å². The van der Waals surface area contributed by atoms with Gasteiger partial charge in [0, 0.05) is 12.4 Å².